The van der Waals surface area contributed by atoms with E-state index in [9.17, 15) is 13.6 Å². The highest BCUT2D eigenvalue weighted by atomic mass is 19.1. The number of nitrogens with zero attached hydrogens (tertiary/aromatic N) is 3. The molecule has 0 unspecified atom stereocenters. The number of hydrogen-bond donors (Lipinski definition) is 1. The quantitative estimate of drug-likeness (QED) is 0.867. The summed E-state index contributed by atoms with van der Waals surface area (Å²) in [6.45, 7) is 0.949. The van der Waals surface area contributed by atoms with E-state index in [1.807, 2.05) is 0 Å². The molecule has 7 heteroatoms. The molecule has 1 aromatic heterocycles. The number of rotatable bonds is 6. The first-order valence-electron chi connectivity index (χ1n) is 6.18. The van der Waals surface area contributed by atoms with E-state index in [1.54, 1.807) is 11.0 Å². The molecule has 0 spiro atoms. The summed E-state index contributed by atoms with van der Waals surface area (Å²) in [5.41, 5.74) is 0.331. The second-order valence-electron chi connectivity index (χ2n) is 4.24. The molecule has 0 aliphatic carbocycles. The van der Waals surface area contributed by atoms with Crippen LogP contribution in [0.15, 0.2) is 30.9 Å². The van der Waals surface area contributed by atoms with Crippen LogP contribution >= 0.6 is 0 Å². The highest BCUT2D eigenvalue weighted by Crippen LogP contribution is 2.11. The molecule has 2 aromatic rings. The van der Waals surface area contributed by atoms with Gasteiger partial charge in [-0.05, 0) is 18.1 Å². The molecule has 20 heavy (non-hydrogen) atoms. The summed E-state index contributed by atoms with van der Waals surface area (Å²) in [6, 6.07) is 3.35. The van der Waals surface area contributed by atoms with Gasteiger partial charge in [-0.1, -0.05) is 6.07 Å². The summed E-state index contributed by atoms with van der Waals surface area (Å²) in [5, 5.41) is 6.59. The van der Waals surface area contributed by atoms with Gasteiger partial charge in [0.15, 0.2) is 0 Å². The van der Waals surface area contributed by atoms with Crippen LogP contribution in [0, 0.1) is 11.6 Å². The van der Waals surface area contributed by atoms with Crippen molar-refractivity contribution in [3.63, 3.8) is 0 Å². The number of hydrogen-bond acceptors (Lipinski definition) is 3. The molecule has 0 saturated carbocycles. The average Bonchev–Trinajstić information content (AvgIpc) is 2.91. The molecule has 0 saturated heterocycles. The third-order valence-electron chi connectivity index (χ3n) is 2.77. The van der Waals surface area contributed by atoms with Crippen molar-refractivity contribution in [2.75, 3.05) is 6.54 Å². The number of amides is 1. The van der Waals surface area contributed by atoms with Gasteiger partial charge in [0, 0.05) is 19.0 Å². The molecule has 1 heterocycles. The Morgan fingerprint density at radius 2 is 2.20 bits per heavy atom. The Hall–Kier alpha value is -2.31. The largest absolute Gasteiger partial charge is 0.354 e. The van der Waals surface area contributed by atoms with Crippen LogP contribution in [0.4, 0.5) is 8.78 Å². The first-order chi connectivity index (χ1) is 9.65. The maximum Gasteiger partial charge on any atom is 0.220 e. The maximum absolute atomic E-state index is 13.3. The van der Waals surface area contributed by atoms with Crippen molar-refractivity contribution in [1.82, 2.24) is 20.1 Å². The van der Waals surface area contributed by atoms with Crippen molar-refractivity contribution in [1.29, 1.82) is 0 Å². The first-order valence-corrected chi connectivity index (χ1v) is 6.18. The van der Waals surface area contributed by atoms with Gasteiger partial charge in [-0.25, -0.2) is 13.8 Å². The van der Waals surface area contributed by atoms with Crippen LogP contribution in [-0.4, -0.2) is 27.2 Å². The minimum atomic E-state index is -0.625. The van der Waals surface area contributed by atoms with Gasteiger partial charge in [-0.15, -0.1) is 0 Å². The standard InChI is InChI=1S/C13H14F2N4O/c14-11-3-1-10(12(15)7-11)2-4-13(20)17-5-6-19-9-16-8-18-19/h1,3,7-9H,2,4-6H2,(H,17,20). The fourth-order valence-electron chi connectivity index (χ4n) is 1.72. The molecule has 1 aromatic carbocycles. The van der Waals surface area contributed by atoms with Crippen molar-refractivity contribution in [3.8, 4) is 0 Å². The summed E-state index contributed by atoms with van der Waals surface area (Å²) < 4.78 is 27.7. The lowest BCUT2D eigenvalue weighted by atomic mass is 10.1. The lowest BCUT2D eigenvalue weighted by Crippen LogP contribution is -2.27. The minimum absolute atomic E-state index is 0.153. The predicted octanol–water partition coefficient (Wildman–Crippen LogP) is 1.31. The van der Waals surface area contributed by atoms with E-state index >= 15 is 0 Å². The van der Waals surface area contributed by atoms with Gasteiger partial charge in [0.1, 0.15) is 24.3 Å². The number of benzene rings is 1. The van der Waals surface area contributed by atoms with E-state index in [1.165, 1.54) is 18.5 Å². The van der Waals surface area contributed by atoms with Crippen LogP contribution in [-0.2, 0) is 17.8 Å². The van der Waals surface area contributed by atoms with Crippen molar-refractivity contribution in [2.45, 2.75) is 19.4 Å². The summed E-state index contributed by atoms with van der Waals surface area (Å²) in [5.74, 6) is -1.43. The zero-order valence-corrected chi connectivity index (χ0v) is 10.7. The van der Waals surface area contributed by atoms with Gasteiger partial charge in [0.05, 0.1) is 6.54 Å². The Morgan fingerprint density at radius 3 is 2.90 bits per heavy atom. The number of carbonyl (C=O) groups excluding carboxylic acids is 1. The van der Waals surface area contributed by atoms with Crippen molar-refractivity contribution in [3.05, 3.63) is 48.1 Å². The van der Waals surface area contributed by atoms with Crippen LogP contribution in [0.25, 0.3) is 0 Å². The summed E-state index contributed by atoms with van der Waals surface area (Å²) >= 11 is 0. The highest BCUT2D eigenvalue weighted by Gasteiger charge is 2.07. The molecule has 0 atom stereocenters. The molecule has 1 N–H and O–H groups in total. The molecule has 0 bridgehead atoms. The molecule has 0 aliphatic rings. The van der Waals surface area contributed by atoms with Crippen LogP contribution in [0.3, 0.4) is 0 Å². The van der Waals surface area contributed by atoms with Gasteiger partial charge in [0.2, 0.25) is 5.91 Å². The number of nitrogens with one attached hydrogen (secondary N) is 1. The van der Waals surface area contributed by atoms with Crippen LogP contribution in [0.5, 0.6) is 0 Å². The monoisotopic (exact) mass is 280 g/mol. The molecular formula is C13H14F2N4O. The molecule has 106 valence electrons. The SMILES string of the molecule is O=C(CCc1ccc(F)cc1F)NCCn1cncn1. The fraction of sp³-hybridized carbons (Fsp3) is 0.308. The number of aromatic nitrogens is 3. The van der Waals surface area contributed by atoms with Gasteiger partial charge in [-0.3, -0.25) is 9.48 Å². The molecule has 0 aliphatic heterocycles. The third kappa shape index (κ3) is 4.11. The van der Waals surface area contributed by atoms with Gasteiger partial charge >= 0.3 is 0 Å². The molecule has 0 fully saturated rings. The minimum Gasteiger partial charge on any atom is -0.354 e. The molecule has 1 amide bonds. The van der Waals surface area contributed by atoms with Gasteiger partial charge in [0.25, 0.3) is 0 Å². The topological polar surface area (TPSA) is 59.8 Å². The van der Waals surface area contributed by atoms with Crippen LogP contribution in [0.1, 0.15) is 12.0 Å². The first kappa shape index (κ1) is 14.1. The Morgan fingerprint density at radius 1 is 1.35 bits per heavy atom. The predicted molar refractivity (Wildman–Crippen MR) is 67.7 cm³/mol. The zero-order valence-electron chi connectivity index (χ0n) is 10.7. The van der Waals surface area contributed by atoms with Crippen LogP contribution in [0.2, 0.25) is 0 Å². The average molecular weight is 280 g/mol. The Bertz CT molecular complexity index is 572. The zero-order chi connectivity index (χ0) is 14.4. The Kier molecular flexibility index (Phi) is 4.75. The Labute approximate surface area is 114 Å². The normalized spacial score (nSPS) is 10.5. The van der Waals surface area contributed by atoms with Crippen molar-refractivity contribution in [2.24, 2.45) is 0 Å². The van der Waals surface area contributed by atoms with E-state index < -0.39 is 11.6 Å². The second-order valence-corrected chi connectivity index (χ2v) is 4.24. The number of carbonyl (C=O) groups is 1. The smallest absolute Gasteiger partial charge is 0.220 e. The van der Waals surface area contributed by atoms with Crippen LogP contribution < -0.4 is 5.32 Å². The van der Waals surface area contributed by atoms with Crippen molar-refractivity contribution >= 4 is 5.91 Å². The highest BCUT2D eigenvalue weighted by molar-refractivity contribution is 5.76. The summed E-state index contributed by atoms with van der Waals surface area (Å²) in [7, 11) is 0. The number of aryl methyl sites for hydroxylation is 1. The van der Waals surface area contributed by atoms with E-state index in [2.05, 4.69) is 15.4 Å². The fourth-order valence-corrected chi connectivity index (χ4v) is 1.72. The molecule has 0 radical (unpaired) electrons. The van der Waals surface area contributed by atoms with Gasteiger partial charge in [-0.2, -0.15) is 5.10 Å². The molecule has 2 rings (SSSR count). The third-order valence-corrected chi connectivity index (χ3v) is 2.77. The van der Waals surface area contributed by atoms with Crippen molar-refractivity contribution < 1.29 is 13.6 Å². The lowest BCUT2D eigenvalue weighted by Gasteiger charge is -2.06. The second kappa shape index (κ2) is 6.74. The summed E-state index contributed by atoms with van der Waals surface area (Å²) in [4.78, 5) is 15.3. The van der Waals surface area contributed by atoms with E-state index in [-0.39, 0.29) is 18.7 Å². The molecule has 5 nitrogen and oxygen atoms in total. The lowest BCUT2D eigenvalue weighted by molar-refractivity contribution is -0.121. The number of halogens is 2. The van der Waals surface area contributed by atoms with E-state index in [0.29, 0.717) is 18.7 Å². The maximum atomic E-state index is 13.3. The summed E-state index contributed by atoms with van der Waals surface area (Å²) in [6.07, 6.45) is 3.36. The van der Waals surface area contributed by atoms with E-state index in [0.717, 1.165) is 6.07 Å². The Balaban J connectivity index is 1.72. The van der Waals surface area contributed by atoms with E-state index in [4.69, 9.17) is 0 Å². The molecular weight excluding hydrogens is 266 g/mol. The van der Waals surface area contributed by atoms with Gasteiger partial charge < -0.3 is 5.32 Å².